The van der Waals surface area contributed by atoms with Crippen LogP contribution in [0.2, 0.25) is 5.02 Å². The molecule has 3 N–H and O–H groups in total. The van der Waals surface area contributed by atoms with Crippen molar-refractivity contribution >= 4 is 40.8 Å². The molecule has 0 fully saturated rings. The number of benzene rings is 2. The second kappa shape index (κ2) is 11.7. The lowest BCUT2D eigenvalue weighted by atomic mass is 10.0. The van der Waals surface area contributed by atoms with Gasteiger partial charge in [-0.05, 0) is 42.7 Å². The summed E-state index contributed by atoms with van der Waals surface area (Å²) in [4.78, 5) is 34.6. The molecule has 2 aromatic carbocycles. The van der Waals surface area contributed by atoms with Gasteiger partial charge in [0.15, 0.2) is 0 Å². The maximum atomic E-state index is 12.8. The first-order valence-corrected chi connectivity index (χ1v) is 9.72. The van der Waals surface area contributed by atoms with Crippen LogP contribution in [0.15, 0.2) is 48.5 Å². The van der Waals surface area contributed by atoms with Crippen LogP contribution in [0.25, 0.3) is 11.6 Å². The molecule has 0 atom stereocenters. The molecule has 2 aromatic rings. The minimum atomic E-state index is -0.494. The van der Waals surface area contributed by atoms with Gasteiger partial charge in [-0.1, -0.05) is 42.3 Å². The lowest BCUT2D eigenvalue weighted by molar-refractivity contribution is -0.385. The standard InChI is InChI=1S/C21H22ClN3O5/c22-17-11-9-15(10-12-17)18(14-16-6-3-4-7-19(16)25(29)30)21(27)23-13-5-1-2-8-20(26)24-28/h3-4,6-7,9-12,14,28H,1-2,5,8,13H2,(H,23,27)(H,24,26). The Bertz CT molecular complexity index is 928. The van der Waals surface area contributed by atoms with Crippen LogP contribution >= 0.6 is 11.6 Å². The van der Waals surface area contributed by atoms with Gasteiger partial charge in [-0.25, -0.2) is 5.48 Å². The highest BCUT2D eigenvalue weighted by Crippen LogP contribution is 2.25. The summed E-state index contributed by atoms with van der Waals surface area (Å²) in [6, 6.07) is 12.8. The zero-order chi connectivity index (χ0) is 21.9. The smallest absolute Gasteiger partial charge is 0.276 e. The van der Waals surface area contributed by atoms with Gasteiger partial charge in [0.2, 0.25) is 5.91 Å². The molecule has 30 heavy (non-hydrogen) atoms. The third kappa shape index (κ3) is 6.98. The lowest BCUT2D eigenvalue weighted by Crippen LogP contribution is -2.25. The van der Waals surface area contributed by atoms with Gasteiger partial charge in [0.25, 0.3) is 11.6 Å². The Morgan fingerprint density at radius 2 is 1.77 bits per heavy atom. The minimum Gasteiger partial charge on any atom is -0.352 e. The molecule has 0 saturated carbocycles. The van der Waals surface area contributed by atoms with Gasteiger partial charge < -0.3 is 5.32 Å². The van der Waals surface area contributed by atoms with Gasteiger partial charge in [-0.3, -0.25) is 24.9 Å². The summed E-state index contributed by atoms with van der Waals surface area (Å²) in [5.74, 6) is -0.819. The summed E-state index contributed by atoms with van der Waals surface area (Å²) in [7, 11) is 0. The molecule has 9 heteroatoms. The van der Waals surface area contributed by atoms with E-state index < -0.39 is 10.8 Å². The molecule has 0 spiro atoms. The van der Waals surface area contributed by atoms with Gasteiger partial charge in [0.05, 0.1) is 10.5 Å². The summed E-state index contributed by atoms with van der Waals surface area (Å²) in [6.45, 7) is 0.376. The number of para-hydroxylation sites is 1. The van der Waals surface area contributed by atoms with Crippen molar-refractivity contribution in [1.82, 2.24) is 10.8 Å². The molecule has 0 bridgehead atoms. The van der Waals surface area contributed by atoms with Crippen LogP contribution in [-0.2, 0) is 9.59 Å². The van der Waals surface area contributed by atoms with E-state index in [1.807, 2.05) is 0 Å². The topological polar surface area (TPSA) is 122 Å². The molecule has 0 aliphatic carbocycles. The van der Waals surface area contributed by atoms with E-state index in [-0.39, 0.29) is 23.6 Å². The quantitative estimate of drug-likeness (QED) is 0.131. The highest BCUT2D eigenvalue weighted by Gasteiger charge is 2.16. The first-order valence-electron chi connectivity index (χ1n) is 9.34. The summed E-state index contributed by atoms with van der Waals surface area (Å²) in [5.41, 5.74) is 2.65. The Morgan fingerprint density at radius 1 is 1.07 bits per heavy atom. The van der Waals surface area contributed by atoms with Crippen molar-refractivity contribution in [3.05, 3.63) is 74.8 Å². The maximum absolute atomic E-state index is 12.8. The van der Waals surface area contributed by atoms with Crippen LogP contribution in [0.5, 0.6) is 0 Å². The first-order chi connectivity index (χ1) is 14.4. The van der Waals surface area contributed by atoms with Crippen molar-refractivity contribution in [1.29, 1.82) is 0 Å². The second-order valence-electron chi connectivity index (χ2n) is 6.48. The van der Waals surface area contributed by atoms with E-state index in [1.54, 1.807) is 47.9 Å². The van der Waals surface area contributed by atoms with Crippen molar-refractivity contribution in [2.24, 2.45) is 0 Å². The number of carbonyl (C=O) groups is 2. The first kappa shape index (κ1) is 23.1. The fourth-order valence-corrected chi connectivity index (χ4v) is 2.91. The molecule has 0 aliphatic heterocycles. The highest BCUT2D eigenvalue weighted by atomic mass is 35.5. The number of hydrogen-bond donors (Lipinski definition) is 3. The summed E-state index contributed by atoms with van der Waals surface area (Å²) in [5, 5.41) is 23.1. The molecule has 158 valence electrons. The fraction of sp³-hybridized carbons (Fsp3) is 0.238. The lowest BCUT2D eigenvalue weighted by Gasteiger charge is -2.10. The molecule has 2 amide bonds. The Balaban J connectivity index is 2.15. The molecule has 0 aliphatic rings. The molecule has 0 saturated heterocycles. The van der Waals surface area contributed by atoms with E-state index >= 15 is 0 Å². The van der Waals surface area contributed by atoms with E-state index in [0.29, 0.717) is 42.0 Å². The number of hydrogen-bond acceptors (Lipinski definition) is 5. The predicted molar refractivity (Wildman–Crippen MR) is 114 cm³/mol. The van der Waals surface area contributed by atoms with Crippen LogP contribution in [0.4, 0.5) is 5.69 Å². The largest absolute Gasteiger partial charge is 0.352 e. The number of nitro benzene ring substituents is 1. The number of unbranched alkanes of at least 4 members (excludes halogenated alkanes) is 2. The SMILES string of the molecule is O=C(CCCCCNC(=O)C(=Cc1ccccc1[N+](=O)[O-])c1ccc(Cl)cc1)NO. The number of halogens is 1. The molecule has 0 aromatic heterocycles. The van der Waals surface area contributed by atoms with Gasteiger partial charge in [-0.15, -0.1) is 0 Å². The molecule has 0 heterocycles. The van der Waals surface area contributed by atoms with Crippen LogP contribution in [-0.4, -0.2) is 28.5 Å². The molecular weight excluding hydrogens is 410 g/mol. The predicted octanol–water partition coefficient (Wildman–Crippen LogP) is 3.97. The van der Waals surface area contributed by atoms with Crippen molar-refractivity contribution in [3.63, 3.8) is 0 Å². The molecule has 0 radical (unpaired) electrons. The summed E-state index contributed by atoms with van der Waals surface area (Å²) in [6.07, 6.45) is 3.61. The van der Waals surface area contributed by atoms with Crippen LogP contribution in [0.1, 0.15) is 36.8 Å². The van der Waals surface area contributed by atoms with Gasteiger partial charge in [0, 0.05) is 29.6 Å². The van der Waals surface area contributed by atoms with E-state index in [2.05, 4.69) is 5.32 Å². The summed E-state index contributed by atoms with van der Waals surface area (Å²) < 4.78 is 0. The second-order valence-corrected chi connectivity index (χ2v) is 6.92. The Morgan fingerprint density at radius 3 is 2.43 bits per heavy atom. The van der Waals surface area contributed by atoms with Crippen molar-refractivity contribution in [3.8, 4) is 0 Å². The average Bonchev–Trinajstić information content (AvgIpc) is 2.75. The van der Waals surface area contributed by atoms with E-state index in [1.165, 1.54) is 12.1 Å². The maximum Gasteiger partial charge on any atom is 0.276 e. The van der Waals surface area contributed by atoms with Gasteiger partial charge >= 0.3 is 0 Å². The molecule has 2 rings (SSSR count). The average molecular weight is 432 g/mol. The summed E-state index contributed by atoms with van der Waals surface area (Å²) >= 11 is 5.93. The third-order valence-corrected chi connectivity index (χ3v) is 4.58. The molecule has 0 unspecified atom stereocenters. The number of rotatable bonds is 10. The number of nitrogens with zero attached hydrogens (tertiary/aromatic N) is 1. The number of nitro groups is 1. The van der Waals surface area contributed by atoms with E-state index in [9.17, 15) is 19.7 Å². The number of nitrogens with one attached hydrogen (secondary N) is 2. The Hall–Kier alpha value is -3.23. The fourth-order valence-electron chi connectivity index (χ4n) is 2.78. The van der Waals surface area contributed by atoms with Crippen molar-refractivity contribution in [2.75, 3.05) is 6.54 Å². The normalized spacial score (nSPS) is 11.1. The monoisotopic (exact) mass is 431 g/mol. The van der Waals surface area contributed by atoms with Crippen LogP contribution in [0.3, 0.4) is 0 Å². The highest BCUT2D eigenvalue weighted by molar-refractivity contribution is 6.31. The molecular formula is C21H22ClN3O5. The number of amides is 2. The van der Waals surface area contributed by atoms with Gasteiger partial charge in [0.1, 0.15) is 0 Å². The zero-order valence-electron chi connectivity index (χ0n) is 16.1. The van der Waals surface area contributed by atoms with Crippen LogP contribution < -0.4 is 10.8 Å². The molecule has 8 nitrogen and oxygen atoms in total. The zero-order valence-corrected chi connectivity index (χ0v) is 16.9. The Kier molecular flexibility index (Phi) is 8.99. The third-order valence-electron chi connectivity index (χ3n) is 4.32. The number of carbonyl (C=O) groups excluding carboxylic acids is 2. The minimum absolute atomic E-state index is 0.0982. The Labute approximate surface area is 178 Å². The number of hydroxylamine groups is 1. The van der Waals surface area contributed by atoms with Crippen LogP contribution in [0, 0.1) is 10.1 Å². The van der Waals surface area contributed by atoms with E-state index in [4.69, 9.17) is 16.8 Å². The van der Waals surface area contributed by atoms with E-state index in [0.717, 1.165) is 0 Å². The van der Waals surface area contributed by atoms with Crippen molar-refractivity contribution < 1.29 is 19.7 Å². The van der Waals surface area contributed by atoms with Crippen molar-refractivity contribution in [2.45, 2.75) is 25.7 Å². The van der Waals surface area contributed by atoms with Gasteiger partial charge in [-0.2, -0.15) is 0 Å².